The van der Waals surface area contributed by atoms with Crippen molar-refractivity contribution in [2.75, 3.05) is 49.5 Å². The first-order valence-electron chi connectivity index (χ1n) is 10.7. The van der Waals surface area contributed by atoms with Gasteiger partial charge >= 0.3 is 0 Å². The van der Waals surface area contributed by atoms with Crippen LogP contribution in [-0.4, -0.2) is 65.0 Å². The van der Waals surface area contributed by atoms with Gasteiger partial charge in [-0.2, -0.15) is 10.4 Å². The number of carbonyl (C=O) groups excluding carboxylic acids is 1. The van der Waals surface area contributed by atoms with Gasteiger partial charge in [0.1, 0.15) is 6.07 Å². The number of rotatable bonds is 6. The molecule has 8 nitrogen and oxygen atoms in total. The number of aliphatic hydroxyl groups excluding tert-OH is 1. The van der Waals surface area contributed by atoms with Crippen LogP contribution in [0.25, 0.3) is 5.69 Å². The zero-order chi connectivity index (χ0) is 23.4. The molecule has 2 aromatic carbocycles. The molecule has 1 amide bonds. The molecular weight excluding hydrogens is 484 g/mol. The number of carbonyl (C=O) groups is 1. The van der Waals surface area contributed by atoms with Gasteiger partial charge in [0.2, 0.25) is 0 Å². The van der Waals surface area contributed by atoms with E-state index in [2.05, 4.69) is 42.2 Å². The Bertz CT molecular complexity index is 1180. The van der Waals surface area contributed by atoms with Gasteiger partial charge in [-0.15, -0.1) is 0 Å². The van der Waals surface area contributed by atoms with Gasteiger partial charge in [-0.3, -0.25) is 9.69 Å². The Morgan fingerprint density at radius 2 is 1.91 bits per heavy atom. The summed E-state index contributed by atoms with van der Waals surface area (Å²) in [7, 11) is 0. The molecule has 1 aromatic heterocycles. The van der Waals surface area contributed by atoms with E-state index in [4.69, 9.17) is 5.11 Å². The second-order valence-corrected chi connectivity index (χ2v) is 8.80. The lowest BCUT2D eigenvalue weighted by Crippen LogP contribution is -2.47. The van der Waals surface area contributed by atoms with E-state index in [-0.39, 0.29) is 12.5 Å². The summed E-state index contributed by atoms with van der Waals surface area (Å²) in [4.78, 5) is 17.3. The molecule has 1 saturated heterocycles. The monoisotopic (exact) mass is 508 g/mol. The molecule has 0 spiro atoms. The Hall–Kier alpha value is -3.19. The fourth-order valence-electron chi connectivity index (χ4n) is 4.01. The fraction of sp³-hybridized carbons (Fsp3) is 0.292. The lowest BCUT2D eigenvalue weighted by molar-refractivity contribution is 0.102. The second kappa shape index (κ2) is 10.2. The van der Waals surface area contributed by atoms with Crippen LogP contribution in [0.2, 0.25) is 0 Å². The molecule has 0 bridgehead atoms. The van der Waals surface area contributed by atoms with E-state index < -0.39 is 0 Å². The minimum atomic E-state index is -0.273. The van der Waals surface area contributed by atoms with Crippen molar-refractivity contribution >= 4 is 33.2 Å². The van der Waals surface area contributed by atoms with E-state index in [1.54, 1.807) is 16.9 Å². The summed E-state index contributed by atoms with van der Waals surface area (Å²) in [5.41, 5.74) is 4.01. The molecule has 0 saturated carbocycles. The summed E-state index contributed by atoms with van der Waals surface area (Å²) in [6.45, 7) is 5.92. The maximum Gasteiger partial charge on any atom is 0.259 e. The summed E-state index contributed by atoms with van der Waals surface area (Å²) in [5, 5.41) is 26.1. The van der Waals surface area contributed by atoms with Gasteiger partial charge in [0.05, 0.1) is 41.0 Å². The molecule has 2 N–H and O–H groups in total. The normalized spacial score (nSPS) is 14.2. The van der Waals surface area contributed by atoms with Gasteiger partial charge < -0.3 is 15.3 Å². The minimum Gasteiger partial charge on any atom is -0.395 e. The summed E-state index contributed by atoms with van der Waals surface area (Å²) in [6, 6.07) is 15.4. The Kier molecular flexibility index (Phi) is 7.08. The van der Waals surface area contributed by atoms with Crippen LogP contribution in [0.4, 0.5) is 11.4 Å². The van der Waals surface area contributed by atoms with Crippen molar-refractivity contribution in [2.45, 2.75) is 6.92 Å². The number of anilines is 2. The number of piperazine rings is 1. The summed E-state index contributed by atoms with van der Waals surface area (Å²) >= 11 is 3.42. The molecule has 0 unspecified atom stereocenters. The predicted molar refractivity (Wildman–Crippen MR) is 131 cm³/mol. The van der Waals surface area contributed by atoms with Crippen LogP contribution in [0.5, 0.6) is 0 Å². The first-order valence-corrected chi connectivity index (χ1v) is 11.5. The van der Waals surface area contributed by atoms with Gasteiger partial charge in [-0.25, -0.2) is 4.68 Å². The molecule has 1 fully saturated rings. The van der Waals surface area contributed by atoms with Crippen molar-refractivity contribution in [3.8, 4) is 11.8 Å². The van der Waals surface area contributed by atoms with Gasteiger partial charge in [0, 0.05) is 42.9 Å². The third-order valence-corrected chi connectivity index (χ3v) is 6.36. The summed E-state index contributed by atoms with van der Waals surface area (Å²) in [6.07, 6.45) is 1.55. The van der Waals surface area contributed by atoms with E-state index in [9.17, 15) is 10.1 Å². The maximum atomic E-state index is 12.9. The highest BCUT2D eigenvalue weighted by Gasteiger charge is 2.20. The molecule has 1 aliphatic heterocycles. The average Bonchev–Trinajstić information content (AvgIpc) is 3.21. The van der Waals surface area contributed by atoms with Crippen molar-refractivity contribution in [1.29, 1.82) is 5.26 Å². The van der Waals surface area contributed by atoms with Crippen molar-refractivity contribution in [3.05, 3.63) is 70.0 Å². The van der Waals surface area contributed by atoms with Crippen LogP contribution in [0.3, 0.4) is 0 Å². The summed E-state index contributed by atoms with van der Waals surface area (Å²) < 4.78 is 2.69. The van der Waals surface area contributed by atoms with Crippen LogP contribution >= 0.6 is 15.9 Å². The number of aromatic nitrogens is 2. The molecule has 1 aliphatic rings. The number of hydrogen-bond acceptors (Lipinski definition) is 6. The molecular formula is C24H25BrN6O2. The number of β-amino-alcohol motifs (C(OH)–C–C–N with tert-alkyl or cyclic N) is 1. The highest BCUT2D eigenvalue weighted by Crippen LogP contribution is 2.26. The smallest absolute Gasteiger partial charge is 0.259 e. The Morgan fingerprint density at radius 1 is 1.18 bits per heavy atom. The van der Waals surface area contributed by atoms with Crippen LogP contribution in [-0.2, 0) is 0 Å². The Balaban J connectivity index is 1.48. The highest BCUT2D eigenvalue weighted by atomic mass is 79.9. The zero-order valence-corrected chi connectivity index (χ0v) is 19.9. The first-order chi connectivity index (χ1) is 16.0. The quantitative estimate of drug-likeness (QED) is 0.530. The molecule has 170 valence electrons. The van der Waals surface area contributed by atoms with Crippen LogP contribution in [0.1, 0.15) is 21.6 Å². The van der Waals surface area contributed by atoms with E-state index >= 15 is 0 Å². The molecule has 0 aliphatic carbocycles. The number of nitriles is 1. The number of halogens is 1. The molecule has 3 aromatic rings. The third kappa shape index (κ3) is 5.09. The number of benzene rings is 2. The van der Waals surface area contributed by atoms with Crippen molar-refractivity contribution in [1.82, 2.24) is 14.7 Å². The van der Waals surface area contributed by atoms with Crippen LogP contribution in [0, 0.1) is 18.3 Å². The molecule has 33 heavy (non-hydrogen) atoms. The van der Waals surface area contributed by atoms with Crippen molar-refractivity contribution < 1.29 is 9.90 Å². The highest BCUT2D eigenvalue weighted by molar-refractivity contribution is 9.10. The van der Waals surface area contributed by atoms with Gasteiger partial charge in [-0.05, 0) is 49.4 Å². The van der Waals surface area contributed by atoms with Crippen LogP contribution in [0.15, 0.2) is 53.1 Å². The summed E-state index contributed by atoms with van der Waals surface area (Å²) in [5.74, 6) is -0.273. The van der Waals surface area contributed by atoms with E-state index in [1.807, 2.05) is 43.3 Å². The largest absolute Gasteiger partial charge is 0.395 e. The lowest BCUT2D eigenvalue weighted by atomic mass is 10.1. The molecule has 2 heterocycles. The number of amides is 1. The van der Waals surface area contributed by atoms with Gasteiger partial charge in [-0.1, -0.05) is 15.9 Å². The van der Waals surface area contributed by atoms with Crippen molar-refractivity contribution in [3.63, 3.8) is 0 Å². The van der Waals surface area contributed by atoms with Crippen LogP contribution < -0.4 is 10.2 Å². The van der Waals surface area contributed by atoms with E-state index in [0.717, 1.165) is 47.7 Å². The van der Waals surface area contributed by atoms with Gasteiger partial charge in [0.25, 0.3) is 5.91 Å². The topological polar surface area (TPSA) is 97.4 Å². The lowest BCUT2D eigenvalue weighted by Gasteiger charge is -2.36. The van der Waals surface area contributed by atoms with Gasteiger partial charge in [0.15, 0.2) is 0 Å². The number of nitrogens with zero attached hydrogens (tertiary/aromatic N) is 5. The zero-order valence-electron chi connectivity index (χ0n) is 18.3. The predicted octanol–water partition coefficient (Wildman–Crippen LogP) is 3.18. The first kappa shape index (κ1) is 23.0. The maximum absolute atomic E-state index is 12.9. The second-order valence-electron chi connectivity index (χ2n) is 7.88. The SMILES string of the molecule is Cc1c(C(=O)Nc2ccc(N3CCN(CCO)CC3)c(C#N)c2)cnn1-c1ccc(Br)cc1. The molecule has 0 atom stereocenters. The number of aliphatic hydroxyl groups is 1. The number of nitrogens with one attached hydrogen (secondary N) is 1. The Labute approximate surface area is 201 Å². The molecule has 0 radical (unpaired) electrons. The van der Waals surface area contributed by atoms with E-state index in [1.165, 1.54) is 0 Å². The van der Waals surface area contributed by atoms with E-state index in [0.29, 0.717) is 23.4 Å². The van der Waals surface area contributed by atoms with Crippen molar-refractivity contribution in [2.24, 2.45) is 0 Å². The fourth-order valence-corrected chi connectivity index (χ4v) is 4.27. The Morgan fingerprint density at radius 3 is 2.58 bits per heavy atom. The molecule has 4 rings (SSSR count). The molecule has 9 heteroatoms. The standard InChI is InChI=1S/C24H25BrN6O2/c1-17-22(16-27-31(17)21-5-2-19(25)3-6-21)24(33)28-20-4-7-23(18(14-20)15-26)30-10-8-29(9-11-30)12-13-32/h2-7,14,16,32H,8-13H2,1H3,(H,28,33). The minimum absolute atomic E-state index is 0.152. The average molecular weight is 509 g/mol. The number of hydrogen-bond donors (Lipinski definition) is 2. The third-order valence-electron chi connectivity index (χ3n) is 5.83.